The second kappa shape index (κ2) is 8.87. The van der Waals surface area contributed by atoms with Crippen molar-refractivity contribution < 1.29 is 35.9 Å². The molecule has 3 N–H and O–H groups in total. The van der Waals surface area contributed by atoms with Gasteiger partial charge in [-0.05, 0) is 23.8 Å². The summed E-state index contributed by atoms with van der Waals surface area (Å²) in [5, 5.41) is 5.92. The van der Waals surface area contributed by atoms with Gasteiger partial charge in [0.05, 0.1) is 12.7 Å². The van der Waals surface area contributed by atoms with Gasteiger partial charge in [0.25, 0.3) is 0 Å². The quantitative estimate of drug-likeness (QED) is 0.592. The van der Waals surface area contributed by atoms with E-state index in [0.717, 1.165) is 17.1 Å². The molecule has 1 aliphatic heterocycles. The minimum atomic E-state index is -4.78. The topological polar surface area (TPSA) is 65.6 Å². The Labute approximate surface area is 179 Å². The number of hydrogen-bond acceptors (Lipinski definition) is 4. The number of carbonyl (C=O) groups is 1. The van der Waals surface area contributed by atoms with Crippen molar-refractivity contribution in [3.63, 3.8) is 0 Å². The molecule has 2 aromatic rings. The van der Waals surface area contributed by atoms with Crippen molar-refractivity contribution in [3.05, 3.63) is 59.7 Å². The van der Waals surface area contributed by atoms with Crippen LogP contribution in [0.4, 0.5) is 36.8 Å². The Kier molecular flexibility index (Phi) is 6.56. The fourth-order valence-corrected chi connectivity index (χ4v) is 3.57. The van der Waals surface area contributed by atoms with Crippen molar-refractivity contribution in [2.24, 2.45) is 0 Å². The molecule has 32 heavy (non-hydrogen) atoms. The Morgan fingerprint density at radius 2 is 1.75 bits per heavy atom. The molecular formula is C20H20F6N4O2. The zero-order chi connectivity index (χ0) is 23.7. The molecule has 174 valence electrons. The van der Waals surface area contributed by atoms with Gasteiger partial charge in [-0.3, -0.25) is 0 Å². The van der Waals surface area contributed by atoms with E-state index < -0.39 is 42.1 Å². The van der Waals surface area contributed by atoms with Crippen LogP contribution in [0.2, 0.25) is 0 Å². The van der Waals surface area contributed by atoms with E-state index in [1.807, 2.05) is 0 Å². The lowest BCUT2D eigenvalue weighted by atomic mass is 9.89. The number of amides is 2. The highest BCUT2D eigenvalue weighted by molar-refractivity contribution is 5.89. The lowest BCUT2D eigenvalue weighted by Crippen LogP contribution is -2.48. The standard InChI is InChI=1S/C20H20F6N4O2/c1-30-17(28-18(31)27-13-7-4-8-14(10-13)32-2)15(16(29-30)20(24,25)26)11-5-3-6-12(9-11)19(21,22)23/h3-10,15-17,29H,1-2H3,(H2,27,28,31). The minimum absolute atomic E-state index is 0.217. The molecule has 0 aromatic heterocycles. The number of hydrogen-bond donors (Lipinski definition) is 3. The van der Waals surface area contributed by atoms with Crippen LogP contribution in [0.25, 0.3) is 0 Å². The van der Waals surface area contributed by atoms with E-state index in [9.17, 15) is 31.1 Å². The number of halogens is 6. The maximum atomic E-state index is 13.7. The summed E-state index contributed by atoms with van der Waals surface area (Å²) in [5.74, 6) is -1.10. The second-order valence-electron chi connectivity index (χ2n) is 7.18. The molecule has 2 aromatic carbocycles. The molecule has 2 amide bonds. The highest BCUT2D eigenvalue weighted by atomic mass is 19.4. The van der Waals surface area contributed by atoms with E-state index in [0.29, 0.717) is 17.5 Å². The van der Waals surface area contributed by atoms with Gasteiger partial charge < -0.3 is 15.4 Å². The summed E-state index contributed by atoms with van der Waals surface area (Å²) in [7, 11) is 2.69. The van der Waals surface area contributed by atoms with Crippen molar-refractivity contribution in [3.8, 4) is 5.75 Å². The molecule has 3 rings (SSSR count). The Hall–Kier alpha value is -2.99. The molecule has 6 nitrogen and oxygen atoms in total. The summed E-state index contributed by atoms with van der Waals surface area (Å²) in [6, 6.07) is 6.88. The van der Waals surface area contributed by atoms with Gasteiger partial charge >= 0.3 is 18.4 Å². The summed E-state index contributed by atoms with van der Waals surface area (Å²) in [6.07, 6.45) is -10.8. The van der Waals surface area contributed by atoms with Gasteiger partial charge in [0.2, 0.25) is 0 Å². The van der Waals surface area contributed by atoms with Gasteiger partial charge in [-0.15, -0.1) is 0 Å². The van der Waals surface area contributed by atoms with E-state index in [2.05, 4.69) is 16.1 Å². The average Bonchev–Trinajstić information content (AvgIpc) is 3.04. The maximum absolute atomic E-state index is 13.7. The highest BCUT2D eigenvalue weighted by Crippen LogP contribution is 2.40. The van der Waals surface area contributed by atoms with Crippen LogP contribution in [0.3, 0.4) is 0 Å². The zero-order valence-electron chi connectivity index (χ0n) is 16.9. The lowest BCUT2D eigenvalue weighted by Gasteiger charge is -2.27. The van der Waals surface area contributed by atoms with Crippen LogP contribution in [0.15, 0.2) is 48.5 Å². The first kappa shape index (κ1) is 23.7. The van der Waals surface area contributed by atoms with Gasteiger partial charge in [-0.2, -0.15) is 26.3 Å². The molecule has 1 aliphatic rings. The van der Waals surface area contributed by atoms with Crippen LogP contribution in [0.5, 0.6) is 5.75 Å². The number of ether oxygens (including phenoxy) is 1. The van der Waals surface area contributed by atoms with Crippen molar-refractivity contribution >= 4 is 11.7 Å². The summed E-state index contributed by atoms with van der Waals surface area (Å²) < 4.78 is 85.5. The first-order chi connectivity index (χ1) is 14.9. The normalized spacial score (nSPS) is 21.9. The van der Waals surface area contributed by atoms with Crippen LogP contribution in [-0.2, 0) is 6.18 Å². The third-order valence-corrected chi connectivity index (χ3v) is 5.02. The van der Waals surface area contributed by atoms with Gasteiger partial charge in [-0.1, -0.05) is 24.3 Å². The fourth-order valence-electron chi connectivity index (χ4n) is 3.57. The van der Waals surface area contributed by atoms with Gasteiger partial charge in [0.1, 0.15) is 18.0 Å². The summed E-state index contributed by atoms with van der Waals surface area (Å²) in [5.41, 5.74) is 1.23. The van der Waals surface area contributed by atoms with Gasteiger partial charge in [0, 0.05) is 24.7 Å². The highest BCUT2D eigenvalue weighted by Gasteiger charge is 2.54. The number of nitrogens with zero attached hydrogens (tertiary/aromatic N) is 1. The molecule has 3 atom stereocenters. The third-order valence-electron chi connectivity index (χ3n) is 5.02. The fraction of sp³-hybridized carbons (Fsp3) is 0.350. The molecule has 3 unspecified atom stereocenters. The van der Waals surface area contributed by atoms with E-state index in [4.69, 9.17) is 4.74 Å². The molecule has 0 radical (unpaired) electrons. The summed E-state index contributed by atoms with van der Waals surface area (Å²) in [6.45, 7) is 0. The molecule has 1 heterocycles. The number of benzene rings is 2. The van der Waals surface area contributed by atoms with Crippen molar-refractivity contribution in [2.45, 2.75) is 30.5 Å². The molecule has 0 saturated carbocycles. The second-order valence-corrected chi connectivity index (χ2v) is 7.18. The number of methoxy groups -OCH3 is 1. The molecule has 1 saturated heterocycles. The Balaban J connectivity index is 1.89. The van der Waals surface area contributed by atoms with Crippen LogP contribution < -0.4 is 20.8 Å². The van der Waals surface area contributed by atoms with E-state index in [1.165, 1.54) is 26.3 Å². The number of hydrazine groups is 1. The molecular weight excluding hydrogens is 442 g/mol. The van der Waals surface area contributed by atoms with Gasteiger partial charge in [0.15, 0.2) is 0 Å². The molecule has 12 heteroatoms. The lowest BCUT2D eigenvalue weighted by molar-refractivity contribution is -0.159. The van der Waals surface area contributed by atoms with Crippen molar-refractivity contribution in [2.75, 3.05) is 19.5 Å². The SMILES string of the molecule is COc1cccc(NC(=O)NC2C(c3cccc(C(F)(F)F)c3)C(C(F)(F)F)NN2C)c1. The molecule has 0 aliphatic carbocycles. The number of alkyl halides is 6. The predicted octanol–water partition coefficient (Wildman–Crippen LogP) is 4.33. The number of rotatable bonds is 4. The van der Waals surface area contributed by atoms with Crippen molar-refractivity contribution in [1.29, 1.82) is 0 Å². The van der Waals surface area contributed by atoms with Crippen LogP contribution in [0.1, 0.15) is 17.0 Å². The van der Waals surface area contributed by atoms with E-state index in [-0.39, 0.29) is 5.56 Å². The third kappa shape index (κ3) is 5.25. The summed E-state index contributed by atoms with van der Waals surface area (Å²) in [4.78, 5) is 12.5. The summed E-state index contributed by atoms with van der Waals surface area (Å²) >= 11 is 0. The van der Waals surface area contributed by atoms with Crippen LogP contribution in [0, 0.1) is 0 Å². The predicted molar refractivity (Wildman–Crippen MR) is 104 cm³/mol. The first-order valence-corrected chi connectivity index (χ1v) is 9.34. The molecule has 0 spiro atoms. The average molecular weight is 462 g/mol. The Morgan fingerprint density at radius 3 is 2.38 bits per heavy atom. The monoisotopic (exact) mass is 462 g/mol. The molecule has 0 bridgehead atoms. The van der Waals surface area contributed by atoms with Crippen LogP contribution >= 0.6 is 0 Å². The number of likely N-dealkylation sites (N-methyl/N-ethyl adjacent to an activating group) is 1. The van der Waals surface area contributed by atoms with Crippen molar-refractivity contribution in [1.82, 2.24) is 15.8 Å². The smallest absolute Gasteiger partial charge is 0.416 e. The van der Waals surface area contributed by atoms with Crippen LogP contribution in [-0.4, -0.2) is 43.6 Å². The number of nitrogens with one attached hydrogen (secondary N) is 3. The zero-order valence-corrected chi connectivity index (χ0v) is 16.9. The number of anilines is 1. The van der Waals surface area contributed by atoms with E-state index in [1.54, 1.807) is 18.2 Å². The van der Waals surface area contributed by atoms with E-state index >= 15 is 0 Å². The Morgan fingerprint density at radius 1 is 1.06 bits per heavy atom. The maximum Gasteiger partial charge on any atom is 0.416 e. The number of carbonyl (C=O) groups excluding carboxylic acids is 1. The Bertz CT molecular complexity index is 966. The molecule has 1 fully saturated rings. The largest absolute Gasteiger partial charge is 0.497 e. The van der Waals surface area contributed by atoms with Gasteiger partial charge in [-0.25, -0.2) is 15.2 Å². The number of urea groups is 1. The minimum Gasteiger partial charge on any atom is -0.497 e. The first-order valence-electron chi connectivity index (χ1n) is 9.34.